The molecule has 2 aliphatic rings. The average Bonchev–Trinajstić information content (AvgIpc) is 2.93. The Morgan fingerprint density at radius 1 is 1.28 bits per heavy atom. The van der Waals surface area contributed by atoms with E-state index in [2.05, 4.69) is 66.8 Å². The lowest BCUT2D eigenvalue weighted by Gasteiger charge is -2.44. The molecule has 0 radical (unpaired) electrons. The molecule has 2 aliphatic heterocycles. The van der Waals surface area contributed by atoms with Gasteiger partial charge in [-0.25, -0.2) is 0 Å². The van der Waals surface area contributed by atoms with Gasteiger partial charge >= 0.3 is 0 Å². The number of fused-ring (bicyclic) bond motifs is 5. The van der Waals surface area contributed by atoms with E-state index in [1.54, 1.807) is 5.20 Å². The zero-order valence-electron chi connectivity index (χ0n) is 15.7. The van der Waals surface area contributed by atoms with Crippen LogP contribution in [0.5, 0.6) is 0 Å². The molecule has 3 nitrogen and oxygen atoms in total. The van der Waals surface area contributed by atoms with Gasteiger partial charge in [-0.2, -0.15) is 0 Å². The fourth-order valence-electron chi connectivity index (χ4n) is 5.06. The Balaban J connectivity index is 1.75. The van der Waals surface area contributed by atoms with Crippen molar-refractivity contribution < 1.29 is 4.79 Å². The van der Waals surface area contributed by atoms with Gasteiger partial charge in [0.25, 0.3) is 0 Å². The Bertz CT molecular complexity index is 858. The summed E-state index contributed by atoms with van der Waals surface area (Å²) in [5, 5.41) is 2.90. The third kappa shape index (κ3) is 2.67. The van der Waals surface area contributed by atoms with E-state index in [-0.39, 0.29) is 6.04 Å². The number of hydrogen-bond acceptors (Lipinski definition) is 1. The predicted molar refractivity (Wildman–Crippen MR) is 106 cm³/mol. The summed E-state index contributed by atoms with van der Waals surface area (Å²) in [6.45, 7) is 10.2. The van der Waals surface area contributed by atoms with Crippen LogP contribution in [0.25, 0.3) is 10.9 Å². The normalized spacial score (nSPS) is 24.4. The van der Waals surface area contributed by atoms with Gasteiger partial charge in [0.1, 0.15) is 0 Å². The Kier molecular flexibility index (Phi) is 3.91. The molecule has 1 amide bonds. The predicted octanol–water partition coefficient (Wildman–Crippen LogP) is 4.83. The summed E-state index contributed by atoms with van der Waals surface area (Å²) in [5.41, 5.74) is 3.93. The quantitative estimate of drug-likeness (QED) is 0.772. The van der Waals surface area contributed by atoms with Gasteiger partial charge in [0.2, 0.25) is 5.91 Å². The first kappa shape index (κ1) is 16.6. The number of hydrogen-bond donors (Lipinski definition) is 1. The average molecular weight is 353 g/mol. The summed E-state index contributed by atoms with van der Waals surface area (Å²) in [4.78, 5) is 18.7. The van der Waals surface area contributed by atoms with E-state index < -0.39 is 8.07 Å². The summed E-state index contributed by atoms with van der Waals surface area (Å²) in [5.74, 6) is 0.742. The SMILES string of the molecule is C/C=C(/C1CC(=O)N2CCc3c([nH]c4ccccc34)C2C1)[Si](C)(C)C. The largest absolute Gasteiger partial charge is 0.356 e. The van der Waals surface area contributed by atoms with Crippen molar-refractivity contribution in [2.24, 2.45) is 5.92 Å². The molecule has 1 aromatic carbocycles. The molecule has 4 heteroatoms. The van der Waals surface area contributed by atoms with Crippen LogP contribution in [0, 0.1) is 5.92 Å². The van der Waals surface area contributed by atoms with Crippen molar-refractivity contribution >= 4 is 24.9 Å². The summed E-state index contributed by atoms with van der Waals surface area (Å²) < 4.78 is 0. The fraction of sp³-hybridized carbons (Fsp3) is 0.476. The van der Waals surface area contributed by atoms with Crippen molar-refractivity contribution in [3.8, 4) is 0 Å². The van der Waals surface area contributed by atoms with Gasteiger partial charge in [0.15, 0.2) is 0 Å². The Morgan fingerprint density at radius 2 is 2.04 bits per heavy atom. The van der Waals surface area contributed by atoms with Crippen LogP contribution in [-0.4, -0.2) is 30.4 Å². The van der Waals surface area contributed by atoms with Crippen LogP contribution in [0.1, 0.15) is 37.1 Å². The monoisotopic (exact) mass is 352 g/mol. The topological polar surface area (TPSA) is 36.1 Å². The van der Waals surface area contributed by atoms with E-state index in [4.69, 9.17) is 0 Å². The van der Waals surface area contributed by atoms with E-state index in [0.717, 1.165) is 19.4 Å². The summed E-state index contributed by atoms with van der Waals surface area (Å²) in [6.07, 6.45) is 5.02. The molecular weight excluding hydrogens is 324 g/mol. The van der Waals surface area contributed by atoms with Gasteiger partial charge in [-0.3, -0.25) is 4.79 Å². The minimum absolute atomic E-state index is 0.216. The molecule has 1 aromatic heterocycles. The van der Waals surface area contributed by atoms with Crippen molar-refractivity contribution in [3.05, 3.63) is 46.8 Å². The second-order valence-corrected chi connectivity index (χ2v) is 13.6. The van der Waals surface area contributed by atoms with Crippen LogP contribution in [0.4, 0.5) is 0 Å². The first-order chi connectivity index (χ1) is 11.9. The van der Waals surface area contributed by atoms with E-state index in [9.17, 15) is 4.79 Å². The van der Waals surface area contributed by atoms with Crippen LogP contribution < -0.4 is 0 Å². The number of carbonyl (C=O) groups is 1. The lowest BCUT2D eigenvalue weighted by Crippen LogP contribution is -2.47. The molecule has 25 heavy (non-hydrogen) atoms. The second-order valence-electron chi connectivity index (χ2n) is 8.55. The van der Waals surface area contributed by atoms with Crippen LogP contribution in [0.3, 0.4) is 0 Å². The number of aromatic nitrogens is 1. The van der Waals surface area contributed by atoms with Crippen LogP contribution in [0.15, 0.2) is 35.5 Å². The van der Waals surface area contributed by atoms with Crippen LogP contribution in [0.2, 0.25) is 19.6 Å². The maximum Gasteiger partial charge on any atom is 0.223 e. The molecule has 2 atom stereocenters. The number of carbonyl (C=O) groups excluding carboxylic acids is 1. The van der Waals surface area contributed by atoms with Gasteiger partial charge in [-0.05, 0) is 37.3 Å². The third-order valence-corrected chi connectivity index (χ3v) is 8.45. The maximum absolute atomic E-state index is 12.9. The van der Waals surface area contributed by atoms with Gasteiger partial charge < -0.3 is 9.88 Å². The number of rotatable bonds is 2. The molecule has 1 fully saturated rings. The summed E-state index contributed by atoms with van der Waals surface area (Å²) in [6, 6.07) is 8.77. The maximum atomic E-state index is 12.9. The van der Waals surface area contributed by atoms with E-state index in [1.807, 2.05) is 0 Å². The smallest absolute Gasteiger partial charge is 0.223 e. The highest BCUT2D eigenvalue weighted by Gasteiger charge is 2.42. The molecule has 1 N–H and O–H groups in total. The second kappa shape index (κ2) is 5.87. The highest BCUT2D eigenvalue weighted by Crippen LogP contribution is 2.44. The van der Waals surface area contributed by atoms with E-state index in [0.29, 0.717) is 18.2 Å². The van der Waals surface area contributed by atoms with Gasteiger partial charge in [-0.1, -0.05) is 49.1 Å². The van der Waals surface area contributed by atoms with E-state index >= 15 is 0 Å². The number of nitrogens with zero attached hydrogens (tertiary/aromatic N) is 1. The number of aromatic amines is 1. The number of para-hydroxylation sites is 1. The number of nitrogens with one attached hydrogen (secondary N) is 1. The molecule has 2 aromatic rings. The lowest BCUT2D eigenvalue weighted by atomic mass is 9.84. The molecule has 0 aliphatic carbocycles. The van der Waals surface area contributed by atoms with Crippen molar-refractivity contribution in [1.29, 1.82) is 0 Å². The molecular formula is C21H28N2OSi. The summed E-state index contributed by atoms with van der Waals surface area (Å²) in [7, 11) is -1.40. The van der Waals surface area contributed by atoms with Crippen LogP contribution >= 0.6 is 0 Å². The Morgan fingerprint density at radius 3 is 2.76 bits per heavy atom. The van der Waals surface area contributed by atoms with Crippen molar-refractivity contribution in [2.45, 2.75) is 51.9 Å². The molecule has 0 spiro atoms. The number of piperidine rings is 1. The first-order valence-corrected chi connectivity index (χ1v) is 13.0. The van der Waals surface area contributed by atoms with Gasteiger partial charge in [-0.15, -0.1) is 0 Å². The zero-order chi connectivity index (χ0) is 17.8. The highest BCUT2D eigenvalue weighted by atomic mass is 28.3. The summed E-state index contributed by atoms with van der Waals surface area (Å²) >= 11 is 0. The first-order valence-electron chi connectivity index (χ1n) is 9.45. The van der Waals surface area contributed by atoms with Crippen LogP contribution in [-0.2, 0) is 11.2 Å². The lowest BCUT2D eigenvalue weighted by molar-refractivity contribution is -0.138. The molecule has 4 rings (SSSR count). The Hall–Kier alpha value is -1.81. The van der Waals surface area contributed by atoms with Crippen molar-refractivity contribution in [3.63, 3.8) is 0 Å². The zero-order valence-corrected chi connectivity index (χ0v) is 16.7. The minimum atomic E-state index is -1.40. The molecule has 0 bridgehead atoms. The minimum Gasteiger partial charge on any atom is -0.356 e. The van der Waals surface area contributed by atoms with Crippen molar-refractivity contribution in [2.75, 3.05) is 6.54 Å². The highest BCUT2D eigenvalue weighted by molar-refractivity contribution is 6.83. The standard InChI is InChI=1S/C21H28N2OSi/c1-5-19(25(2,3)4)14-12-18-21-16(10-11-23(18)20(24)13-14)15-8-6-7-9-17(15)22-21/h5-9,14,18,22H,10-13H2,1-4H3/b19-5-. The molecule has 1 saturated heterocycles. The number of allylic oxidation sites excluding steroid dienone is 2. The molecule has 3 heterocycles. The van der Waals surface area contributed by atoms with Gasteiger partial charge in [0, 0.05) is 29.6 Å². The Labute approximate surface area is 151 Å². The van der Waals surface area contributed by atoms with Gasteiger partial charge in [0.05, 0.1) is 14.1 Å². The number of benzene rings is 1. The number of amides is 1. The fourth-order valence-corrected chi connectivity index (χ4v) is 7.37. The molecule has 0 saturated carbocycles. The molecule has 2 unspecified atom stereocenters. The third-order valence-electron chi connectivity index (χ3n) is 6.02. The molecule has 132 valence electrons. The van der Waals surface area contributed by atoms with E-state index in [1.165, 1.54) is 22.2 Å². The number of H-pyrrole nitrogens is 1. The van der Waals surface area contributed by atoms with Crippen molar-refractivity contribution in [1.82, 2.24) is 9.88 Å².